The van der Waals surface area contributed by atoms with Crippen LogP contribution in [0, 0.1) is 6.92 Å². The van der Waals surface area contributed by atoms with Gasteiger partial charge in [0.15, 0.2) is 6.04 Å². The van der Waals surface area contributed by atoms with Crippen LogP contribution in [-0.4, -0.2) is 17.7 Å². The lowest BCUT2D eigenvalue weighted by molar-refractivity contribution is -0.136. The highest BCUT2D eigenvalue weighted by Crippen LogP contribution is 2.35. The molecule has 0 fully saturated rings. The van der Waals surface area contributed by atoms with Crippen LogP contribution in [0.25, 0.3) is 11.0 Å². The molecule has 1 atom stereocenters. The second-order valence-electron chi connectivity index (χ2n) is 9.25. The second-order valence-corrected chi connectivity index (χ2v) is 9.25. The minimum atomic E-state index is -1.08. The van der Waals surface area contributed by atoms with E-state index in [1.807, 2.05) is 13.0 Å². The van der Waals surface area contributed by atoms with Gasteiger partial charge in [-0.2, -0.15) is 0 Å². The summed E-state index contributed by atoms with van der Waals surface area (Å²) < 4.78 is 16.7. The number of benzene rings is 2. The molecule has 1 aromatic heterocycles. The highest BCUT2D eigenvalue weighted by Gasteiger charge is 2.29. The molecule has 7 heteroatoms. The molecular weight excluding hydrogens is 422 g/mol. The van der Waals surface area contributed by atoms with Gasteiger partial charge in [0, 0.05) is 5.56 Å². The predicted molar refractivity (Wildman–Crippen MR) is 123 cm³/mol. The van der Waals surface area contributed by atoms with Gasteiger partial charge in [0.25, 0.3) is 0 Å². The number of fused-ring (bicyclic) bond motifs is 3. The van der Waals surface area contributed by atoms with Crippen LogP contribution in [0.1, 0.15) is 55.5 Å². The number of esters is 1. The van der Waals surface area contributed by atoms with Gasteiger partial charge in [0.1, 0.15) is 16.9 Å². The van der Waals surface area contributed by atoms with Gasteiger partial charge >= 0.3 is 17.7 Å². The number of nitrogens with one attached hydrogen (secondary N) is 1. The van der Waals surface area contributed by atoms with Crippen LogP contribution in [0.5, 0.6) is 5.75 Å². The summed E-state index contributed by atoms with van der Waals surface area (Å²) in [5, 5.41) is 3.25. The summed E-state index contributed by atoms with van der Waals surface area (Å²) in [6, 6.07) is 11.3. The van der Waals surface area contributed by atoms with E-state index in [1.54, 1.807) is 57.2 Å². The maximum atomic E-state index is 13.4. The zero-order valence-corrected chi connectivity index (χ0v) is 19.2. The van der Waals surface area contributed by atoms with Crippen molar-refractivity contribution in [2.75, 3.05) is 0 Å². The molecule has 7 nitrogen and oxygen atoms in total. The lowest BCUT2D eigenvalue weighted by Gasteiger charge is -2.23. The SMILES string of the molecule is Cc1cc(OC(=O)C(NC(=O)OC(C)(C)C)c2ccccc2)c2c3c(c(=O)oc2c1)CCC3. The quantitative estimate of drug-likeness (QED) is 0.351. The minimum absolute atomic E-state index is 0.309. The average molecular weight is 450 g/mol. The van der Waals surface area contributed by atoms with Gasteiger partial charge in [0.05, 0.1) is 5.39 Å². The van der Waals surface area contributed by atoms with Gasteiger partial charge in [-0.1, -0.05) is 30.3 Å². The number of ether oxygens (including phenoxy) is 2. The van der Waals surface area contributed by atoms with Gasteiger partial charge in [-0.3, -0.25) is 0 Å². The Morgan fingerprint density at radius 1 is 1.06 bits per heavy atom. The van der Waals surface area contributed by atoms with Gasteiger partial charge in [-0.15, -0.1) is 0 Å². The number of carbonyl (C=O) groups is 2. The summed E-state index contributed by atoms with van der Waals surface area (Å²) in [6.07, 6.45) is 1.47. The zero-order chi connectivity index (χ0) is 23.8. The van der Waals surface area contributed by atoms with Crippen molar-refractivity contribution in [1.29, 1.82) is 0 Å². The van der Waals surface area contributed by atoms with Crippen molar-refractivity contribution in [3.05, 3.63) is 75.1 Å². The molecule has 0 radical (unpaired) electrons. The summed E-state index contributed by atoms with van der Waals surface area (Å²) in [7, 11) is 0. The first-order valence-electron chi connectivity index (χ1n) is 11.0. The Bertz CT molecular complexity index is 1270. The number of amides is 1. The molecule has 1 N–H and O–H groups in total. The van der Waals surface area contributed by atoms with Crippen LogP contribution in [0.4, 0.5) is 4.79 Å². The molecule has 1 aliphatic carbocycles. The molecule has 1 heterocycles. The molecule has 172 valence electrons. The maximum absolute atomic E-state index is 13.4. The topological polar surface area (TPSA) is 94.8 Å². The van der Waals surface area contributed by atoms with Crippen molar-refractivity contribution >= 4 is 23.0 Å². The standard InChI is InChI=1S/C26H27NO6/c1-15-13-19-21(17-11-8-12-18(17)23(28)31-19)20(14-15)32-24(29)22(16-9-6-5-7-10-16)27-25(30)33-26(2,3)4/h5-7,9-10,13-14,22H,8,11-12H2,1-4H3,(H,27,30). The fourth-order valence-corrected chi connectivity index (χ4v) is 4.10. The van der Waals surface area contributed by atoms with Crippen LogP contribution in [0.15, 0.2) is 51.7 Å². The highest BCUT2D eigenvalue weighted by atomic mass is 16.6. The van der Waals surface area contributed by atoms with Gasteiger partial charge < -0.3 is 19.2 Å². The molecule has 33 heavy (non-hydrogen) atoms. The van der Waals surface area contributed by atoms with E-state index >= 15 is 0 Å². The molecule has 2 aromatic carbocycles. The molecule has 1 amide bonds. The fraction of sp³-hybridized carbons (Fsp3) is 0.346. The molecular formula is C26H27NO6. The first-order valence-corrected chi connectivity index (χ1v) is 11.0. The summed E-state index contributed by atoms with van der Waals surface area (Å²) in [6.45, 7) is 7.07. The summed E-state index contributed by atoms with van der Waals surface area (Å²) in [5.41, 5.74) is 2.16. The van der Waals surface area contributed by atoms with E-state index in [2.05, 4.69) is 5.32 Å². The Labute approximate surface area is 191 Å². The van der Waals surface area contributed by atoms with E-state index in [0.29, 0.717) is 40.7 Å². The minimum Gasteiger partial charge on any atom is -0.444 e. The van der Waals surface area contributed by atoms with E-state index in [1.165, 1.54) is 0 Å². The number of alkyl carbamates (subject to hydrolysis) is 1. The molecule has 0 bridgehead atoms. The summed E-state index contributed by atoms with van der Waals surface area (Å²) in [4.78, 5) is 38.2. The number of aryl methyl sites for hydroxylation is 2. The lowest BCUT2D eigenvalue weighted by Crippen LogP contribution is -2.39. The van der Waals surface area contributed by atoms with Crippen LogP contribution >= 0.6 is 0 Å². The van der Waals surface area contributed by atoms with Crippen LogP contribution in [0.2, 0.25) is 0 Å². The third-order valence-corrected chi connectivity index (χ3v) is 5.42. The maximum Gasteiger partial charge on any atom is 0.408 e. The van der Waals surface area contributed by atoms with Crippen molar-refractivity contribution in [3.8, 4) is 5.75 Å². The monoisotopic (exact) mass is 449 g/mol. The molecule has 0 saturated carbocycles. The normalized spacial score (nSPS) is 13.9. The molecule has 3 aromatic rings. The van der Waals surface area contributed by atoms with Gasteiger partial charge in [0.2, 0.25) is 0 Å². The molecule has 4 rings (SSSR count). The fourth-order valence-electron chi connectivity index (χ4n) is 4.10. The van der Waals surface area contributed by atoms with Gasteiger partial charge in [-0.05, 0) is 75.8 Å². The number of rotatable bonds is 4. The van der Waals surface area contributed by atoms with Crippen LogP contribution in [0.3, 0.4) is 0 Å². The first kappa shape index (κ1) is 22.6. The predicted octanol–water partition coefficient (Wildman–Crippen LogP) is 4.76. The van der Waals surface area contributed by atoms with E-state index in [4.69, 9.17) is 13.9 Å². The van der Waals surface area contributed by atoms with E-state index in [0.717, 1.165) is 17.5 Å². The van der Waals surface area contributed by atoms with E-state index in [9.17, 15) is 14.4 Å². The van der Waals surface area contributed by atoms with Crippen molar-refractivity contribution in [3.63, 3.8) is 0 Å². The smallest absolute Gasteiger partial charge is 0.408 e. The summed E-state index contributed by atoms with van der Waals surface area (Å²) in [5.74, 6) is -0.360. The zero-order valence-electron chi connectivity index (χ0n) is 19.2. The lowest BCUT2D eigenvalue weighted by atomic mass is 10.0. The second kappa shape index (κ2) is 8.73. The van der Waals surface area contributed by atoms with Gasteiger partial charge in [-0.25, -0.2) is 14.4 Å². The number of hydrogen-bond donors (Lipinski definition) is 1. The molecule has 1 aliphatic rings. The van der Waals surface area contributed by atoms with Crippen LogP contribution in [-0.2, 0) is 22.4 Å². The summed E-state index contributed by atoms with van der Waals surface area (Å²) >= 11 is 0. The highest BCUT2D eigenvalue weighted by molar-refractivity contribution is 5.92. The molecule has 1 unspecified atom stereocenters. The molecule has 0 aliphatic heterocycles. The molecule has 0 spiro atoms. The van der Waals surface area contributed by atoms with Crippen molar-refractivity contribution in [2.45, 2.75) is 58.6 Å². The van der Waals surface area contributed by atoms with E-state index in [-0.39, 0.29) is 5.63 Å². The molecule has 0 saturated heterocycles. The Morgan fingerprint density at radius 2 is 1.76 bits per heavy atom. The van der Waals surface area contributed by atoms with Crippen molar-refractivity contribution < 1.29 is 23.5 Å². The van der Waals surface area contributed by atoms with Crippen molar-refractivity contribution in [2.24, 2.45) is 0 Å². The Kier molecular flexibility index (Phi) is 5.97. The largest absolute Gasteiger partial charge is 0.444 e. The van der Waals surface area contributed by atoms with Crippen molar-refractivity contribution in [1.82, 2.24) is 5.32 Å². The third kappa shape index (κ3) is 4.92. The Balaban J connectivity index is 1.72. The Morgan fingerprint density at radius 3 is 2.45 bits per heavy atom. The number of carbonyl (C=O) groups excluding carboxylic acids is 2. The average Bonchev–Trinajstić information content (AvgIpc) is 3.21. The first-order chi connectivity index (χ1) is 15.6. The Hall–Kier alpha value is -3.61. The third-order valence-electron chi connectivity index (χ3n) is 5.42. The number of hydrogen-bond acceptors (Lipinski definition) is 6. The van der Waals surface area contributed by atoms with Crippen LogP contribution < -0.4 is 15.7 Å². The van der Waals surface area contributed by atoms with E-state index < -0.39 is 23.7 Å².